The van der Waals surface area contributed by atoms with Gasteiger partial charge < -0.3 is 10.1 Å². The largest absolute Gasteiger partial charge is 0.495 e. The Morgan fingerprint density at radius 3 is 2.31 bits per heavy atom. The lowest BCUT2D eigenvalue weighted by atomic mass is 10.2. The van der Waals surface area contributed by atoms with Crippen molar-refractivity contribution in [2.75, 3.05) is 23.3 Å². The highest BCUT2D eigenvalue weighted by atomic mass is 35.5. The average Bonchev–Trinajstić information content (AvgIpc) is 2.75. The van der Waals surface area contributed by atoms with E-state index in [2.05, 4.69) is 5.32 Å². The van der Waals surface area contributed by atoms with E-state index < -0.39 is 22.5 Å². The highest BCUT2D eigenvalue weighted by Gasteiger charge is 2.30. The molecule has 0 saturated carbocycles. The Hall–Kier alpha value is -2.74. The Morgan fingerprint density at radius 2 is 1.69 bits per heavy atom. The molecule has 9 heteroatoms. The third-order valence-electron chi connectivity index (χ3n) is 4.74. The summed E-state index contributed by atoms with van der Waals surface area (Å²) in [6.45, 7) is 3.16. The molecule has 0 aliphatic rings. The molecule has 0 spiro atoms. The summed E-state index contributed by atoms with van der Waals surface area (Å²) >= 11 is 12.1. The molecule has 0 radical (unpaired) electrons. The van der Waals surface area contributed by atoms with Crippen LogP contribution in [0, 0.1) is 13.8 Å². The number of benzene rings is 3. The van der Waals surface area contributed by atoms with Crippen LogP contribution in [0.5, 0.6) is 5.75 Å². The molecule has 0 fully saturated rings. The van der Waals surface area contributed by atoms with Gasteiger partial charge in [-0.15, -0.1) is 0 Å². The van der Waals surface area contributed by atoms with Gasteiger partial charge >= 0.3 is 0 Å². The van der Waals surface area contributed by atoms with E-state index in [1.54, 1.807) is 49.4 Å². The molecule has 1 N–H and O–H groups in total. The first kappa shape index (κ1) is 23.9. The fourth-order valence-corrected chi connectivity index (χ4v) is 5.00. The van der Waals surface area contributed by atoms with Gasteiger partial charge in [0.05, 0.1) is 12.8 Å². The predicted octanol–water partition coefficient (Wildman–Crippen LogP) is 5.45. The molecule has 0 bridgehead atoms. The molecule has 0 aromatic heterocycles. The summed E-state index contributed by atoms with van der Waals surface area (Å²) in [6.07, 6.45) is 0. The number of nitrogens with zero attached hydrogens (tertiary/aromatic N) is 1. The van der Waals surface area contributed by atoms with Crippen LogP contribution in [0.1, 0.15) is 11.1 Å². The van der Waals surface area contributed by atoms with E-state index in [1.165, 1.54) is 25.3 Å². The van der Waals surface area contributed by atoms with Crippen LogP contribution in [0.2, 0.25) is 10.0 Å². The molecule has 0 unspecified atom stereocenters. The van der Waals surface area contributed by atoms with E-state index in [0.717, 1.165) is 15.4 Å². The molecular formula is C23H22Cl2N2O4S. The zero-order valence-corrected chi connectivity index (χ0v) is 20.1. The molecule has 0 heterocycles. The van der Waals surface area contributed by atoms with E-state index in [1.807, 2.05) is 6.92 Å². The molecule has 0 aliphatic heterocycles. The monoisotopic (exact) mass is 492 g/mol. The molecule has 0 aliphatic carbocycles. The Balaban J connectivity index is 2.00. The Labute approximate surface area is 197 Å². The van der Waals surface area contributed by atoms with Crippen LogP contribution in [0.15, 0.2) is 65.6 Å². The Kier molecular flexibility index (Phi) is 7.33. The summed E-state index contributed by atoms with van der Waals surface area (Å²) < 4.78 is 33.6. The van der Waals surface area contributed by atoms with Gasteiger partial charge in [-0.3, -0.25) is 9.10 Å². The van der Waals surface area contributed by atoms with E-state index in [-0.39, 0.29) is 16.3 Å². The number of rotatable bonds is 7. The summed E-state index contributed by atoms with van der Waals surface area (Å²) in [4.78, 5) is 12.8. The Morgan fingerprint density at radius 1 is 1.00 bits per heavy atom. The van der Waals surface area contributed by atoms with Crippen molar-refractivity contribution in [1.82, 2.24) is 0 Å². The number of hydrogen-bond acceptors (Lipinski definition) is 4. The molecule has 0 atom stereocenters. The van der Waals surface area contributed by atoms with Crippen molar-refractivity contribution >= 4 is 50.5 Å². The highest BCUT2D eigenvalue weighted by Crippen LogP contribution is 2.31. The third kappa shape index (κ3) is 5.35. The van der Waals surface area contributed by atoms with Gasteiger partial charge in [-0.25, -0.2) is 8.42 Å². The summed E-state index contributed by atoms with van der Waals surface area (Å²) in [5.74, 6) is -0.352. The highest BCUT2D eigenvalue weighted by molar-refractivity contribution is 7.93. The summed E-state index contributed by atoms with van der Waals surface area (Å²) in [7, 11) is -2.76. The van der Waals surface area contributed by atoms with Gasteiger partial charge in [-0.2, -0.15) is 0 Å². The van der Waals surface area contributed by atoms with Gasteiger partial charge in [-0.05, 0) is 73.5 Å². The molecule has 3 aromatic rings. The van der Waals surface area contributed by atoms with Crippen LogP contribution in [0.3, 0.4) is 0 Å². The smallest absolute Gasteiger partial charge is 0.268 e. The van der Waals surface area contributed by atoms with Gasteiger partial charge in [0.2, 0.25) is 5.91 Å². The summed E-state index contributed by atoms with van der Waals surface area (Å²) in [5, 5.41) is 3.64. The van der Waals surface area contributed by atoms with E-state index in [9.17, 15) is 13.2 Å². The van der Waals surface area contributed by atoms with E-state index in [0.29, 0.717) is 15.7 Å². The molecule has 6 nitrogen and oxygen atoms in total. The molecule has 32 heavy (non-hydrogen) atoms. The van der Waals surface area contributed by atoms with Crippen molar-refractivity contribution < 1.29 is 17.9 Å². The van der Waals surface area contributed by atoms with Gasteiger partial charge in [-0.1, -0.05) is 35.3 Å². The molecule has 3 rings (SSSR count). The SMILES string of the molecule is COc1ccc(C)cc1S(=O)(=O)N(CC(=O)Nc1ccc(C)c(Cl)c1)c1ccc(Cl)cc1. The van der Waals surface area contributed by atoms with Crippen LogP contribution < -0.4 is 14.4 Å². The number of methoxy groups -OCH3 is 1. The van der Waals surface area contributed by atoms with E-state index in [4.69, 9.17) is 27.9 Å². The van der Waals surface area contributed by atoms with Crippen molar-refractivity contribution in [3.05, 3.63) is 81.8 Å². The number of halogens is 2. The number of anilines is 2. The minimum absolute atomic E-state index is 0.0406. The second-order valence-electron chi connectivity index (χ2n) is 7.15. The van der Waals surface area contributed by atoms with Crippen LogP contribution in [0.25, 0.3) is 0 Å². The molecule has 0 saturated heterocycles. The maximum atomic E-state index is 13.6. The van der Waals surface area contributed by atoms with Crippen LogP contribution >= 0.6 is 23.2 Å². The molecule has 1 amide bonds. The maximum Gasteiger partial charge on any atom is 0.268 e. The van der Waals surface area contributed by atoms with Crippen LogP contribution in [-0.4, -0.2) is 28.0 Å². The topological polar surface area (TPSA) is 75.7 Å². The second-order valence-corrected chi connectivity index (χ2v) is 9.83. The third-order valence-corrected chi connectivity index (χ3v) is 7.20. The van der Waals surface area contributed by atoms with Gasteiger partial charge in [0.1, 0.15) is 17.2 Å². The number of aryl methyl sites for hydroxylation is 2. The lowest BCUT2D eigenvalue weighted by Crippen LogP contribution is -2.38. The minimum atomic E-state index is -4.16. The minimum Gasteiger partial charge on any atom is -0.495 e. The first-order valence-corrected chi connectivity index (χ1v) is 11.8. The number of hydrogen-bond donors (Lipinski definition) is 1. The quantitative estimate of drug-likeness (QED) is 0.475. The fraction of sp³-hybridized carbons (Fsp3) is 0.174. The number of ether oxygens (including phenoxy) is 1. The van der Waals surface area contributed by atoms with E-state index >= 15 is 0 Å². The van der Waals surface area contributed by atoms with Gasteiger partial charge in [0, 0.05) is 15.7 Å². The number of sulfonamides is 1. The Bertz CT molecular complexity index is 1250. The van der Waals surface area contributed by atoms with Gasteiger partial charge in [0.15, 0.2) is 0 Å². The van der Waals surface area contributed by atoms with Crippen molar-refractivity contribution in [3.8, 4) is 5.75 Å². The second kappa shape index (κ2) is 9.81. The number of carbonyl (C=O) groups is 1. The summed E-state index contributed by atoms with van der Waals surface area (Å²) in [6, 6.07) is 16.1. The van der Waals surface area contributed by atoms with Crippen LogP contribution in [0.4, 0.5) is 11.4 Å². The first-order chi connectivity index (χ1) is 15.1. The predicted molar refractivity (Wildman–Crippen MR) is 129 cm³/mol. The normalized spacial score (nSPS) is 11.2. The van der Waals surface area contributed by atoms with Crippen molar-refractivity contribution in [2.45, 2.75) is 18.7 Å². The molecule has 168 valence electrons. The molecule has 3 aromatic carbocycles. The maximum absolute atomic E-state index is 13.6. The molecular weight excluding hydrogens is 471 g/mol. The zero-order chi connectivity index (χ0) is 23.5. The average molecular weight is 493 g/mol. The van der Waals surface area contributed by atoms with Gasteiger partial charge in [0.25, 0.3) is 10.0 Å². The fourth-order valence-electron chi connectivity index (χ4n) is 3.03. The lowest BCUT2D eigenvalue weighted by Gasteiger charge is -2.25. The van der Waals surface area contributed by atoms with Crippen LogP contribution in [-0.2, 0) is 14.8 Å². The number of nitrogens with one attached hydrogen (secondary N) is 1. The first-order valence-electron chi connectivity index (χ1n) is 9.61. The number of amides is 1. The lowest BCUT2D eigenvalue weighted by molar-refractivity contribution is -0.114. The number of carbonyl (C=O) groups excluding carboxylic acids is 1. The van der Waals surface area contributed by atoms with Crippen molar-refractivity contribution in [2.24, 2.45) is 0 Å². The summed E-state index contributed by atoms with van der Waals surface area (Å²) in [5.41, 5.74) is 2.35. The van der Waals surface area contributed by atoms with Crippen molar-refractivity contribution in [1.29, 1.82) is 0 Å². The van der Waals surface area contributed by atoms with Crippen molar-refractivity contribution in [3.63, 3.8) is 0 Å². The zero-order valence-electron chi connectivity index (χ0n) is 17.7. The standard InChI is InChI=1S/C23H22Cl2N2O4S/c1-15-4-11-21(31-3)22(12-15)32(29,30)27(19-9-6-17(24)7-10-19)14-23(28)26-18-8-5-16(2)20(25)13-18/h4-13H,14H2,1-3H3,(H,26,28).